The van der Waals surface area contributed by atoms with Crippen molar-refractivity contribution in [3.8, 4) is 0 Å². The molecule has 1 aromatic heterocycles. The number of nitro groups is 2. The first-order chi connectivity index (χ1) is 12.9. The van der Waals surface area contributed by atoms with Crippen LogP contribution in [-0.4, -0.2) is 44.5 Å². The molecular weight excluding hydrogens is 398 g/mol. The minimum atomic E-state index is -0.630. The summed E-state index contributed by atoms with van der Waals surface area (Å²) in [5.74, 6) is -0.291. The number of nitro benzene ring substituents is 1. The van der Waals surface area contributed by atoms with Crippen molar-refractivity contribution in [1.29, 1.82) is 0 Å². The second-order valence-electron chi connectivity index (χ2n) is 5.31. The summed E-state index contributed by atoms with van der Waals surface area (Å²) in [5, 5.41) is 26.0. The SMILES string of the molecule is O=[N+]([O-])/C(=N\Nc1ccc([N+](=O)[O-])cc1)C1=NCCN1Cc1cnc(Cl)s1. The van der Waals surface area contributed by atoms with Crippen molar-refractivity contribution in [2.75, 3.05) is 18.5 Å². The quantitative estimate of drug-likeness (QED) is 0.334. The fraction of sp³-hybridized carbons (Fsp3) is 0.214. The molecule has 13 heteroatoms. The molecule has 2 aromatic rings. The fourth-order valence-electron chi connectivity index (χ4n) is 2.34. The molecule has 1 N–H and O–H groups in total. The zero-order chi connectivity index (χ0) is 19.4. The van der Waals surface area contributed by atoms with Gasteiger partial charge in [-0.25, -0.2) is 4.98 Å². The Morgan fingerprint density at radius 1 is 1.33 bits per heavy atom. The highest BCUT2D eigenvalue weighted by atomic mass is 35.5. The first kappa shape index (κ1) is 18.7. The van der Waals surface area contributed by atoms with Crippen LogP contribution < -0.4 is 5.43 Å². The fourth-order valence-corrected chi connectivity index (χ4v) is 3.33. The molecule has 2 heterocycles. The molecule has 0 bridgehead atoms. The van der Waals surface area contributed by atoms with Crippen LogP contribution in [0.4, 0.5) is 11.4 Å². The maximum absolute atomic E-state index is 11.5. The van der Waals surface area contributed by atoms with E-state index < -0.39 is 15.7 Å². The van der Waals surface area contributed by atoms with E-state index in [0.717, 1.165) is 4.88 Å². The third-order valence-corrected chi connectivity index (χ3v) is 4.64. The predicted octanol–water partition coefficient (Wildman–Crippen LogP) is 2.62. The monoisotopic (exact) mass is 409 g/mol. The number of halogens is 1. The van der Waals surface area contributed by atoms with Gasteiger partial charge in [0.1, 0.15) is 0 Å². The molecule has 140 valence electrons. The zero-order valence-electron chi connectivity index (χ0n) is 13.6. The largest absolute Gasteiger partial charge is 0.430 e. The molecule has 0 radical (unpaired) electrons. The Bertz CT molecular complexity index is 928. The van der Waals surface area contributed by atoms with E-state index in [4.69, 9.17) is 11.6 Å². The summed E-state index contributed by atoms with van der Waals surface area (Å²) >= 11 is 7.11. The van der Waals surface area contributed by atoms with E-state index in [2.05, 4.69) is 20.5 Å². The highest BCUT2D eigenvalue weighted by molar-refractivity contribution is 7.15. The number of rotatable bonds is 6. The Morgan fingerprint density at radius 3 is 2.67 bits per heavy atom. The number of nitrogens with zero attached hydrogens (tertiary/aromatic N) is 6. The van der Waals surface area contributed by atoms with Crippen molar-refractivity contribution in [2.45, 2.75) is 6.54 Å². The standard InChI is InChI=1S/C14H12ClN7O4S/c15-14-17-7-11(27-14)8-20-6-5-16-12(20)13(22(25)26)19-18-9-1-3-10(4-2-9)21(23)24/h1-4,7,18H,5-6,8H2/b19-13-. The van der Waals surface area contributed by atoms with Crippen molar-refractivity contribution >= 4 is 46.0 Å². The average Bonchev–Trinajstić information content (AvgIpc) is 3.25. The molecule has 1 aliphatic rings. The van der Waals surface area contributed by atoms with E-state index >= 15 is 0 Å². The average molecular weight is 410 g/mol. The predicted molar refractivity (Wildman–Crippen MR) is 101 cm³/mol. The van der Waals surface area contributed by atoms with Gasteiger partial charge in [0.15, 0.2) is 4.47 Å². The van der Waals surface area contributed by atoms with Crippen LogP contribution >= 0.6 is 22.9 Å². The van der Waals surface area contributed by atoms with E-state index in [1.807, 2.05) is 0 Å². The van der Waals surface area contributed by atoms with Gasteiger partial charge in [-0.15, -0.1) is 11.3 Å². The number of hydrazone groups is 1. The van der Waals surface area contributed by atoms with Gasteiger partial charge in [-0.1, -0.05) is 11.6 Å². The van der Waals surface area contributed by atoms with Crippen molar-refractivity contribution in [3.05, 3.63) is 60.0 Å². The molecule has 0 atom stereocenters. The van der Waals surface area contributed by atoms with E-state index in [0.29, 0.717) is 29.8 Å². The third kappa shape index (κ3) is 4.54. The van der Waals surface area contributed by atoms with Crippen LogP contribution in [0.15, 0.2) is 40.6 Å². The second-order valence-corrected chi connectivity index (χ2v) is 7.01. The summed E-state index contributed by atoms with van der Waals surface area (Å²) in [5.41, 5.74) is 2.83. The Balaban J connectivity index is 1.76. The number of hydrogen-bond acceptors (Lipinski definition) is 10. The van der Waals surface area contributed by atoms with Gasteiger partial charge in [-0.05, 0) is 17.1 Å². The van der Waals surface area contributed by atoms with Crippen LogP contribution in [0.25, 0.3) is 0 Å². The number of amidine groups is 2. The Kier molecular flexibility index (Phi) is 5.57. The maximum Gasteiger partial charge on any atom is 0.430 e. The molecule has 0 unspecified atom stereocenters. The van der Waals surface area contributed by atoms with Crippen LogP contribution in [0.2, 0.25) is 4.47 Å². The number of thiazole rings is 1. The normalized spacial score (nSPS) is 14.2. The van der Waals surface area contributed by atoms with Gasteiger partial charge in [0.05, 0.1) is 28.8 Å². The van der Waals surface area contributed by atoms with Crippen LogP contribution in [0, 0.1) is 20.2 Å². The number of benzene rings is 1. The van der Waals surface area contributed by atoms with Crippen molar-refractivity contribution in [3.63, 3.8) is 0 Å². The topological polar surface area (TPSA) is 139 Å². The highest BCUT2D eigenvalue weighted by Gasteiger charge is 2.31. The van der Waals surface area contributed by atoms with E-state index in [1.54, 1.807) is 11.1 Å². The van der Waals surface area contributed by atoms with Crippen molar-refractivity contribution in [1.82, 2.24) is 9.88 Å². The molecule has 3 rings (SSSR count). The molecule has 1 aromatic carbocycles. The van der Waals surface area contributed by atoms with Gasteiger partial charge >= 0.3 is 5.84 Å². The van der Waals surface area contributed by atoms with Gasteiger partial charge in [0.25, 0.3) is 5.69 Å². The Hall–Kier alpha value is -3.12. The van der Waals surface area contributed by atoms with Gasteiger partial charge in [-0.3, -0.25) is 15.1 Å². The smallest absolute Gasteiger partial charge is 0.358 e. The van der Waals surface area contributed by atoms with Crippen LogP contribution in [0.3, 0.4) is 0 Å². The lowest BCUT2D eigenvalue weighted by molar-refractivity contribution is -0.384. The zero-order valence-corrected chi connectivity index (χ0v) is 15.2. The highest BCUT2D eigenvalue weighted by Crippen LogP contribution is 2.21. The van der Waals surface area contributed by atoms with E-state index in [1.165, 1.54) is 35.6 Å². The summed E-state index contributed by atoms with van der Waals surface area (Å²) < 4.78 is 0.394. The number of aromatic nitrogens is 1. The summed E-state index contributed by atoms with van der Waals surface area (Å²) in [4.78, 5) is 31.7. The lowest BCUT2D eigenvalue weighted by Gasteiger charge is -2.16. The lowest BCUT2D eigenvalue weighted by atomic mass is 10.3. The minimum Gasteiger partial charge on any atom is -0.358 e. The number of nitrogens with one attached hydrogen (secondary N) is 1. The van der Waals surface area contributed by atoms with Gasteiger partial charge in [0, 0.05) is 29.8 Å². The first-order valence-corrected chi connectivity index (χ1v) is 8.76. The summed E-state index contributed by atoms with van der Waals surface area (Å²) in [6.07, 6.45) is 1.61. The molecule has 0 spiro atoms. The molecule has 0 aliphatic carbocycles. The lowest BCUT2D eigenvalue weighted by Crippen LogP contribution is -2.37. The second kappa shape index (κ2) is 8.05. The number of anilines is 1. The van der Waals surface area contributed by atoms with Gasteiger partial charge in [0.2, 0.25) is 5.84 Å². The molecule has 1 aliphatic heterocycles. The van der Waals surface area contributed by atoms with Crippen LogP contribution in [-0.2, 0) is 6.54 Å². The summed E-state index contributed by atoms with van der Waals surface area (Å²) in [7, 11) is 0. The van der Waals surface area contributed by atoms with Gasteiger partial charge in [-0.2, -0.15) is 5.43 Å². The maximum atomic E-state index is 11.5. The van der Waals surface area contributed by atoms with Crippen molar-refractivity contribution < 1.29 is 9.85 Å². The van der Waals surface area contributed by atoms with Crippen LogP contribution in [0.1, 0.15) is 4.88 Å². The molecule has 0 saturated carbocycles. The molecule has 0 saturated heterocycles. The van der Waals surface area contributed by atoms with Crippen molar-refractivity contribution in [2.24, 2.45) is 10.1 Å². The number of non-ortho nitro benzene ring substituents is 1. The summed E-state index contributed by atoms with van der Waals surface area (Å²) in [6.45, 7) is 1.30. The Labute approximate surface area is 161 Å². The van der Waals surface area contributed by atoms with Gasteiger partial charge < -0.3 is 15.0 Å². The Morgan fingerprint density at radius 2 is 2.07 bits per heavy atom. The van der Waals surface area contributed by atoms with E-state index in [9.17, 15) is 20.2 Å². The molecule has 0 fully saturated rings. The molecule has 27 heavy (non-hydrogen) atoms. The number of hydrogen-bond donors (Lipinski definition) is 1. The molecular formula is C14H12ClN7O4S. The summed E-state index contributed by atoms with van der Waals surface area (Å²) in [6, 6.07) is 5.37. The number of aliphatic imine (C=N–C) groups is 1. The van der Waals surface area contributed by atoms with Crippen LogP contribution in [0.5, 0.6) is 0 Å². The molecule has 0 amide bonds. The minimum absolute atomic E-state index is 0.0893. The first-order valence-electron chi connectivity index (χ1n) is 7.56. The third-order valence-electron chi connectivity index (χ3n) is 3.55. The molecule has 11 nitrogen and oxygen atoms in total. The van der Waals surface area contributed by atoms with E-state index in [-0.39, 0.29) is 11.5 Å².